The second kappa shape index (κ2) is 9.21. The van der Waals surface area contributed by atoms with Crippen LogP contribution < -0.4 is 5.32 Å². The highest BCUT2D eigenvalue weighted by Gasteiger charge is 2.14. The first-order chi connectivity index (χ1) is 8.79. The van der Waals surface area contributed by atoms with E-state index in [2.05, 4.69) is 32.2 Å². The zero-order valence-corrected chi connectivity index (χ0v) is 12.3. The summed E-state index contributed by atoms with van der Waals surface area (Å²) in [6, 6.07) is 2.60. The van der Waals surface area contributed by atoms with Gasteiger partial charge in [0.05, 0.1) is 6.26 Å². The van der Waals surface area contributed by atoms with Crippen molar-refractivity contribution in [3.63, 3.8) is 0 Å². The molecule has 0 aliphatic rings. The number of unbranched alkanes of at least 4 members (excludes halogenated alkanes) is 4. The molecule has 0 saturated carbocycles. The number of rotatable bonds is 10. The van der Waals surface area contributed by atoms with Gasteiger partial charge in [0.25, 0.3) is 0 Å². The summed E-state index contributed by atoms with van der Waals surface area (Å²) in [5.74, 6) is 1.07. The van der Waals surface area contributed by atoms with Crippen LogP contribution in [0.25, 0.3) is 0 Å². The minimum absolute atomic E-state index is 0.477. The Morgan fingerprint density at radius 1 is 1.11 bits per heavy atom. The quantitative estimate of drug-likeness (QED) is 0.593. The van der Waals surface area contributed by atoms with Gasteiger partial charge in [-0.05, 0) is 32.4 Å². The molecule has 0 aromatic carbocycles. The predicted octanol–water partition coefficient (Wildman–Crippen LogP) is 4.99. The molecule has 0 amide bonds. The van der Waals surface area contributed by atoms with E-state index in [-0.39, 0.29) is 0 Å². The summed E-state index contributed by atoms with van der Waals surface area (Å²) in [6.45, 7) is 7.63. The Bertz CT molecular complexity index is 306. The molecule has 1 heterocycles. The van der Waals surface area contributed by atoms with E-state index in [0.29, 0.717) is 6.04 Å². The molecular formula is C16H29NO. The van der Waals surface area contributed by atoms with E-state index >= 15 is 0 Å². The Labute approximate surface area is 112 Å². The normalized spacial score (nSPS) is 12.8. The van der Waals surface area contributed by atoms with E-state index in [0.717, 1.165) is 12.3 Å². The Hall–Kier alpha value is -0.760. The summed E-state index contributed by atoms with van der Waals surface area (Å²) in [4.78, 5) is 0. The lowest BCUT2D eigenvalue weighted by molar-refractivity contribution is 0.454. The second-order valence-corrected chi connectivity index (χ2v) is 5.14. The SMILES string of the molecule is CCCCCCCC(NCCC)c1ccoc1C. The number of furan rings is 1. The van der Waals surface area contributed by atoms with Gasteiger partial charge in [-0.15, -0.1) is 0 Å². The molecule has 104 valence electrons. The molecular weight excluding hydrogens is 222 g/mol. The van der Waals surface area contributed by atoms with Crippen LogP contribution in [0.4, 0.5) is 0 Å². The van der Waals surface area contributed by atoms with E-state index in [9.17, 15) is 0 Å². The molecule has 1 aromatic heterocycles. The van der Waals surface area contributed by atoms with E-state index in [1.807, 2.05) is 6.26 Å². The van der Waals surface area contributed by atoms with Gasteiger partial charge in [-0.2, -0.15) is 0 Å². The van der Waals surface area contributed by atoms with Crippen LogP contribution in [0, 0.1) is 6.92 Å². The highest BCUT2D eigenvalue weighted by molar-refractivity contribution is 5.20. The van der Waals surface area contributed by atoms with Crippen molar-refractivity contribution in [2.24, 2.45) is 0 Å². The van der Waals surface area contributed by atoms with Gasteiger partial charge in [-0.3, -0.25) is 0 Å². The van der Waals surface area contributed by atoms with Gasteiger partial charge in [0.1, 0.15) is 5.76 Å². The minimum Gasteiger partial charge on any atom is -0.469 e. The molecule has 0 spiro atoms. The Kier molecular flexibility index (Phi) is 7.83. The third-order valence-electron chi connectivity index (χ3n) is 3.51. The van der Waals surface area contributed by atoms with Gasteiger partial charge in [0.15, 0.2) is 0 Å². The second-order valence-electron chi connectivity index (χ2n) is 5.14. The lowest BCUT2D eigenvalue weighted by Crippen LogP contribution is -2.22. The standard InChI is InChI=1S/C16H29NO/c1-4-6-7-8-9-10-16(17-12-5-2)15-11-13-18-14(15)3/h11,13,16-17H,4-10,12H2,1-3H3. The maximum absolute atomic E-state index is 5.43. The van der Waals surface area contributed by atoms with Crippen LogP contribution in [0.1, 0.15) is 76.2 Å². The van der Waals surface area contributed by atoms with E-state index in [4.69, 9.17) is 4.42 Å². The molecule has 2 heteroatoms. The van der Waals surface area contributed by atoms with Gasteiger partial charge in [-0.25, -0.2) is 0 Å². The first-order valence-corrected chi connectivity index (χ1v) is 7.57. The third kappa shape index (κ3) is 5.26. The summed E-state index contributed by atoms with van der Waals surface area (Å²) in [5.41, 5.74) is 1.35. The zero-order chi connectivity index (χ0) is 13.2. The number of hydrogen-bond donors (Lipinski definition) is 1. The molecule has 1 aromatic rings. The van der Waals surface area contributed by atoms with Crippen LogP contribution >= 0.6 is 0 Å². The average Bonchev–Trinajstić information content (AvgIpc) is 2.79. The van der Waals surface area contributed by atoms with Crippen LogP contribution in [0.5, 0.6) is 0 Å². The van der Waals surface area contributed by atoms with Crippen LogP contribution in [0.15, 0.2) is 16.7 Å². The van der Waals surface area contributed by atoms with Crippen molar-refractivity contribution in [3.05, 3.63) is 23.7 Å². The van der Waals surface area contributed by atoms with Crippen molar-refractivity contribution in [3.8, 4) is 0 Å². The molecule has 1 unspecified atom stereocenters. The predicted molar refractivity (Wildman–Crippen MR) is 77.9 cm³/mol. The minimum atomic E-state index is 0.477. The molecule has 1 atom stereocenters. The van der Waals surface area contributed by atoms with Gasteiger partial charge in [0, 0.05) is 11.6 Å². The summed E-state index contributed by atoms with van der Waals surface area (Å²) >= 11 is 0. The van der Waals surface area contributed by atoms with Crippen LogP contribution in [0.3, 0.4) is 0 Å². The van der Waals surface area contributed by atoms with Crippen LogP contribution in [0.2, 0.25) is 0 Å². The molecule has 0 radical (unpaired) electrons. The van der Waals surface area contributed by atoms with Gasteiger partial charge < -0.3 is 9.73 Å². The fourth-order valence-electron chi connectivity index (χ4n) is 2.39. The molecule has 0 fully saturated rings. The largest absolute Gasteiger partial charge is 0.469 e. The molecule has 2 nitrogen and oxygen atoms in total. The molecule has 0 saturated heterocycles. The summed E-state index contributed by atoms with van der Waals surface area (Å²) in [6.07, 6.45) is 11.0. The molecule has 0 aliphatic carbocycles. The van der Waals surface area contributed by atoms with Crippen LogP contribution in [-0.4, -0.2) is 6.54 Å². The summed E-state index contributed by atoms with van der Waals surface area (Å²) in [5, 5.41) is 3.64. The van der Waals surface area contributed by atoms with Crippen molar-refractivity contribution in [2.75, 3.05) is 6.54 Å². The first-order valence-electron chi connectivity index (χ1n) is 7.57. The van der Waals surface area contributed by atoms with Gasteiger partial charge >= 0.3 is 0 Å². The van der Waals surface area contributed by atoms with E-state index < -0.39 is 0 Å². The Morgan fingerprint density at radius 2 is 1.89 bits per heavy atom. The number of nitrogens with one attached hydrogen (secondary N) is 1. The average molecular weight is 251 g/mol. The zero-order valence-electron chi connectivity index (χ0n) is 12.3. The maximum atomic E-state index is 5.43. The van der Waals surface area contributed by atoms with Crippen LogP contribution in [-0.2, 0) is 0 Å². The molecule has 0 aliphatic heterocycles. The Morgan fingerprint density at radius 3 is 2.50 bits per heavy atom. The van der Waals surface area contributed by atoms with Crippen molar-refractivity contribution in [2.45, 2.75) is 71.8 Å². The first kappa shape index (κ1) is 15.3. The smallest absolute Gasteiger partial charge is 0.105 e. The van der Waals surface area contributed by atoms with E-state index in [1.165, 1.54) is 50.5 Å². The highest BCUT2D eigenvalue weighted by atomic mass is 16.3. The molecule has 1 rings (SSSR count). The van der Waals surface area contributed by atoms with Gasteiger partial charge in [-0.1, -0.05) is 46.0 Å². The molecule has 1 N–H and O–H groups in total. The van der Waals surface area contributed by atoms with Crippen molar-refractivity contribution in [1.82, 2.24) is 5.32 Å². The van der Waals surface area contributed by atoms with E-state index in [1.54, 1.807) is 0 Å². The number of aryl methyl sites for hydroxylation is 1. The van der Waals surface area contributed by atoms with Crippen molar-refractivity contribution in [1.29, 1.82) is 0 Å². The summed E-state index contributed by atoms with van der Waals surface area (Å²) in [7, 11) is 0. The summed E-state index contributed by atoms with van der Waals surface area (Å²) < 4.78 is 5.43. The third-order valence-corrected chi connectivity index (χ3v) is 3.51. The van der Waals surface area contributed by atoms with Crippen molar-refractivity contribution < 1.29 is 4.42 Å². The lowest BCUT2D eigenvalue weighted by Gasteiger charge is -2.18. The monoisotopic (exact) mass is 251 g/mol. The maximum Gasteiger partial charge on any atom is 0.105 e. The highest BCUT2D eigenvalue weighted by Crippen LogP contribution is 2.24. The molecule has 0 bridgehead atoms. The lowest BCUT2D eigenvalue weighted by atomic mass is 10.00. The molecule has 18 heavy (non-hydrogen) atoms. The Balaban J connectivity index is 2.39. The topological polar surface area (TPSA) is 25.2 Å². The fourth-order valence-corrected chi connectivity index (χ4v) is 2.39. The fraction of sp³-hybridized carbons (Fsp3) is 0.750. The van der Waals surface area contributed by atoms with Gasteiger partial charge in [0.2, 0.25) is 0 Å². The number of hydrogen-bond acceptors (Lipinski definition) is 2. The van der Waals surface area contributed by atoms with Crippen molar-refractivity contribution >= 4 is 0 Å².